The van der Waals surface area contributed by atoms with Crippen molar-refractivity contribution < 1.29 is 0 Å². The van der Waals surface area contributed by atoms with E-state index in [9.17, 15) is 0 Å². The van der Waals surface area contributed by atoms with Gasteiger partial charge in [-0.05, 0) is 30.9 Å². The number of benzene rings is 1. The minimum atomic E-state index is 0.614. The predicted molar refractivity (Wildman–Crippen MR) is 84.7 cm³/mol. The average molecular weight is 266 g/mol. The minimum Gasteiger partial charge on any atom is -0.371 e. The molecule has 0 saturated carbocycles. The van der Waals surface area contributed by atoms with Gasteiger partial charge in [0.1, 0.15) is 0 Å². The van der Waals surface area contributed by atoms with Crippen molar-refractivity contribution in [2.45, 2.75) is 32.9 Å². The van der Waals surface area contributed by atoms with Crippen LogP contribution in [-0.4, -0.2) is 31.6 Å². The molecule has 1 unspecified atom stereocenters. The van der Waals surface area contributed by atoms with Gasteiger partial charge >= 0.3 is 0 Å². The molecule has 1 rings (SSSR count). The Morgan fingerprint density at radius 3 is 2.61 bits per heavy atom. The smallest absolute Gasteiger partial charge is 0.0412 e. The summed E-state index contributed by atoms with van der Waals surface area (Å²) < 4.78 is 0. The normalized spacial score (nSPS) is 12.4. The highest BCUT2D eigenvalue weighted by atomic mass is 32.2. The Morgan fingerprint density at radius 1 is 1.28 bits per heavy atom. The molecular weight excluding hydrogens is 240 g/mol. The van der Waals surface area contributed by atoms with Crippen LogP contribution in [0.3, 0.4) is 0 Å². The molecule has 0 saturated heterocycles. The zero-order chi connectivity index (χ0) is 13.4. The van der Waals surface area contributed by atoms with Gasteiger partial charge in [-0.2, -0.15) is 11.8 Å². The first kappa shape index (κ1) is 15.4. The highest BCUT2D eigenvalue weighted by Gasteiger charge is 2.15. The molecule has 0 aliphatic rings. The van der Waals surface area contributed by atoms with Gasteiger partial charge in [0.05, 0.1) is 0 Å². The molecule has 0 aliphatic heterocycles. The summed E-state index contributed by atoms with van der Waals surface area (Å²) in [5.74, 6) is 1.18. The third-order valence-electron chi connectivity index (χ3n) is 3.32. The van der Waals surface area contributed by atoms with Crippen LogP contribution in [0, 0.1) is 0 Å². The lowest BCUT2D eigenvalue weighted by Gasteiger charge is -2.30. The molecule has 0 spiro atoms. The van der Waals surface area contributed by atoms with E-state index in [0.717, 1.165) is 13.1 Å². The van der Waals surface area contributed by atoms with E-state index in [1.54, 1.807) is 0 Å². The Labute approximate surface area is 116 Å². The third kappa shape index (κ3) is 4.21. The molecule has 1 N–H and O–H groups in total. The molecule has 3 heteroatoms. The van der Waals surface area contributed by atoms with Gasteiger partial charge in [-0.1, -0.05) is 32.0 Å². The van der Waals surface area contributed by atoms with Crippen LogP contribution in [0.1, 0.15) is 25.8 Å². The second-order valence-corrected chi connectivity index (χ2v) is 5.45. The maximum absolute atomic E-state index is 3.42. The number of nitrogens with one attached hydrogen (secondary N) is 1. The van der Waals surface area contributed by atoms with Gasteiger partial charge in [0.25, 0.3) is 0 Å². The molecule has 0 bridgehead atoms. The minimum absolute atomic E-state index is 0.614. The summed E-state index contributed by atoms with van der Waals surface area (Å²) in [6.07, 6.45) is 3.37. The Morgan fingerprint density at radius 2 is 2.00 bits per heavy atom. The summed E-state index contributed by atoms with van der Waals surface area (Å²) in [6.45, 7) is 6.38. The summed E-state index contributed by atoms with van der Waals surface area (Å²) in [4.78, 5) is 2.43. The van der Waals surface area contributed by atoms with E-state index in [2.05, 4.69) is 61.6 Å². The largest absolute Gasteiger partial charge is 0.371 e. The molecule has 0 amide bonds. The average Bonchev–Trinajstić information content (AvgIpc) is 2.42. The fourth-order valence-corrected chi connectivity index (χ4v) is 3.00. The maximum Gasteiger partial charge on any atom is 0.0412 e. The molecule has 1 aromatic carbocycles. The highest BCUT2D eigenvalue weighted by Crippen LogP contribution is 2.23. The van der Waals surface area contributed by atoms with E-state index >= 15 is 0 Å². The summed E-state index contributed by atoms with van der Waals surface area (Å²) in [5, 5.41) is 3.42. The van der Waals surface area contributed by atoms with E-state index in [1.165, 1.54) is 23.4 Å². The van der Waals surface area contributed by atoms with Crippen LogP contribution in [0.2, 0.25) is 0 Å². The molecule has 0 aliphatic carbocycles. The second-order valence-electron chi connectivity index (χ2n) is 4.54. The molecule has 0 fully saturated rings. The summed E-state index contributed by atoms with van der Waals surface area (Å²) in [6, 6.07) is 9.32. The Bertz CT molecular complexity index is 341. The molecule has 1 atom stereocenters. The van der Waals surface area contributed by atoms with Crippen LogP contribution in [0.15, 0.2) is 24.3 Å². The monoisotopic (exact) mass is 266 g/mol. The molecule has 1 aromatic rings. The Kier molecular flexibility index (Phi) is 7.21. The first-order valence-corrected chi connectivity index (χ1v) is 8.14. The van der Waals surface area contributed by atoms with Crippen molar-refractivity contribution in [2.24, 2.45) is 0 Å². The number of nitrogens with zero attached hydrogens (tertiary/aromatic N) is 1. The van der Waals surface area contributed by atoms with Gasteiger partial charge in [-0.15, -0.1) is 0 Å². The first-order chi connectivity index (χ1) is 8.74. The number of anilines is 1. The van der Waals surface area contributed by atoms with Gasteiger partial charge < -0.3 is 10.2 Å². The van der Waals surface area contributed by atoms with Crippen LogP contribution in [0.25, 0.3) is 0 Å². The molecular formula is C15H26N2S. The van der Waals surface area contributed by atoms with Crippen molar-refractivity contribution in [1.29, 1.82) is 0 Å². The zero-order valence-electron chi connectivity index (χ0n) is 12.1. The van der Waals surface area contributed by atoms with Crippen molar-refractivity contribution in [1.82, 2.24) is 5.32 Å². The van der Waals surface area contributed by atoms with Crippen LogP contribution in [0.4, 0.5) is 5.69 Å². The number of hydrogen-bond acceptors (Lipinski definition) is 3. The summed E-state index contributed by atoms with van der Waals surface area (Å²) in [7, 11) is 2.22. The molecule has 102 valence electrons. The van der Waals surface area contributed by atoms with E-state index < -0.39 is 0 Å². The van der Waals surface area contributed by atoms with Crippen molar-refractivity contribution >= 4 is 17.4 Å². The molecule has 0 radical (unpaired) electrons. The third-order valence-corrected chi connectivity index (χ3v) is 4.03. The van der Waals surface area contributed by atoms with E-state index in [4.69, 9.17) is 0 Å². The van der Waals surface area contributed by atoms with Gasteiger partial charge in [0.15, 0.2) is 0 Å². The highest BCUT2D eigenvalue weighted by molar-refractivity contribution is 7.98. The number of para-hydroxylation sites is 1. The Hall–Kier alpha value is -0.670. The van der Waals surface area contributed by atoms with E-state index in [-0.39, 0.29) is 0 Å². The van der Waals surface area contributed by atoms with Crippen molar-refractivity contribution in [2.75, 3.05) is 30.5 Å². The topological polar surface area (TPSA) is 15.3 Å². The summed E-state index contributed by atoms with van der Waals surface area (Å²) in [5.41, 5.74) is 2.75. The fraction of sp³-hybridized carbons (Fsp3) is 0.600. The van der Waals surface area contributed by atoms with Crippen molar-refractivity contribution in [3.05, 3.63) is 29.8 Å². The van der Waals surface area contributed by atoms with Gasteiger partial charge in [0.2, 0.25) is 0 Å². The summed E-state index contributed by atoms with van der Waals surface area (Å²) >= 11 is 1.92. The van der Waals surface area contributed by atoms with Crippen LogP contribution < -0.4 is 10.2 Å². The Balaban J connectivity index is 2.85. The number of rotatable bonds is 8. The van der Waals surface area contributed by atoms with Gasteiger partial charge in [-0.3, -0.25) is 0 Å². The lowest BCUT2D eigenvalue weighted by Crippen LogP contribution is -2.34. The second kappa shape index (κ2) is 8.44. The van der Waals surface area contributed by atoms with E-state index in [1.807, 2.05) is 11.8 Å². The first-order valence-electron chi connectivity index (χ1n) is 6.74. The maximum atomic E-state index is 3.42. The zero-order valence-corrected chi connectivity index (χ0v) is 12.9. The fourth-order valence-electron chi connectivity index (χ4n) is 2.16. The molecule has 0 aromatic heterocycles. The molecule has 18 heavy (non-hydrogen) atoms. The van der Waals surface area contributed by atoms with Crippen molar-refractivity contribution in [3.63, 3.8) is 0 Å². The lowest BCUT2D eigenvalue weighted by molar-refractivity contribution is 0.663. The van der Waals surface area contributed by atoms with Gasteiger partial charge in [0, 0.05) is 31.1 Å². The number of hydrogen-bond donors (Lipinski definition) is 1. The van der Waals surface area contributed by atoms with Crippen LogP contribution >= 0.6 is 11.8 Å². The quantitative estimate of drug-likeness (QED) is 0.776. The SMILES string of the molecule is CCNCc1ccccc1N(C)C(CC)CSC. The van der Waals surface area contributed by atoms with E-state index in [0.29, 0.717) is 6.04 Å². The molecule has 0 heterocycles. The number of thioether (sulfide) groups is 1. The van der Waals surface area contributed by atoms with Gasteiger partial charge in [-0.25, -0.2) is 0 Å². The standard InChI is InChI=1S/C15H26N2S/c1-5-14(12-18-4)17(3)15-10-8-7-9-13(15)11-16-6-2/h7-10,14,16H,5-6,11-12H2,1-4H3. The van der Waals surface area contributed by atoms with Crippen LogP contribution in [-0.2, 0) is 6.54 Å². The molecule has 2 nitrogen and oxygen atoms in total. The lowest BCUT2D eigenvalue weighted by atomic mass is 10.1. The predicted octanol–water partition coefficient (Wildman–Crippen LogP) is 3.37. The van der Waals surface area contributed by atoms with Crippen LogP contribution in [0.5, 0.6) is 0 Å². The van der Waals surface area contributed by atoms with Crippen molar-refractivity contribution in [3.8, 4) is 0 Å².